The maximum Gasteiger partial charge on any atom is 0.411 e. The third-order valence-corrected chi connectivity index (χ3v) is 8.49. The van der Waals surface area contributed by atoms with Crippen molar-refractivity contribution < 1.29 is 9.53 Å². The van der Waals surface area contributed by atoms with Gasteiger partial charge in [-0.15, -0.1) is 0 Å². The number of H-pyrrole nitrogens is 1. The Kier molecular flexibility index (Phi) is 6.09. The summed E-state index contributed by atoms with van der Waals surface area (Å²) >= 11 is 6.65. The van der Waals surface area contributed by atoms with Crippen molar-refractivity contribution in [2.45, 2.75) is 83.0 Å². The van der Waals surface area contributed by atoms with Crippen molar-refractivity contribution in [2.24, 2.45) is 11.1 Å². The molecule has 3 N–H and O–H groups in total. The quantitative estimate of drug-likeness (QED) is 0.411. The molecule has 3 aromatic rings. The van der Waals surface area contributed by atoms with Gasteiger partial charge in [-0.3, -0.25) is 4.90 Å². The second kappa shape index (κ2) is 8.82. The number of aromatic nitrogens is 2. The molecular formula is C28H35ClN4O2. The summed E-state index contributed by atoms with van der Waals surface area (Å²) in [7, 11) is 0. The molecule has 0 saturated heterocycles. The fourth-order valence-corrected chi connectivity index (χ4v) is 6.47. The molecule has 3 saturated carbocycles. The molecule has 35 heavy (non-hydrogen) atoms. The zero-order chi connectivity index (χ0) is 24.8. The van der Waals surface area contributed by atoms with E-state index in [2.05, 4.69) is 22.1 Å². The van der Waals surface area contributed by atoms with Crippen LogP contribution in [-0.2, 0) is 11.3 Å². The lowest BCUT2D eigenvalue weighted by atomic mass is 9.53. The normalized spacial score (nSPS) is 24.9. The van der Waals surface area contributed by atoms with Crippen LogP contribution >= 0.6 is 11.6 Å². The molecule has 7 heteroatoms. The second-order valence-corrected chi connectivity index (χ2v) is 11.8. The first-order valence-corrected chi connectivity index (χ1v) is 12.9. The largest absolute Gasteiger partial charge is 0.444 e. The molecule has 1 atom stereocenters. The zero-order valence-corrected chi connectivity index (χ0v) is 21.6. The zero-order valence-electron chi connectivity index (χ0n) is 20.8. The summed E-state index contributed by atoms with van der Waals surface area (Å²) in [6, 6.07) is 12.0. The number of amides is 1. The van der Waals surface area contributed by atoms with Crippen molar-refractivity contribution in [2.75, 3.05) is 0 Å². The van der Waals surface area contributed by atoms with Gasteiger partial charge in [0.05, 0.1) is 5.02 Å². The van der Waals surface area contributed by atoms with E-state index in [0.717, 1.165) is 60.7 Å². The third kappa shape index (κ3) is 4.43. The van der Waals surface area contributed by atoms with Crippen molar-refractivity contribution in [3.63, 3.8) is 0 Å². The number of rotatable bonds is 5. The molecule has 186 valence electrons. The summed E-state index contributed by atoms with van der Waals surface area (Å²) in [4.78, 5) is 23.1. The van der Waals surface area contributed by atoms with Crippen LogP contribution < -0.4 is 5.73 Å². The van der Waals surface area contributed by atoms with Gasteiger partial charge in [-0.25, -0.2) is 9.78 Å². The van der Waals surface area contributed by atoms with Gasteiger partial charge in [-0.1, -0.05) is 41.9 Å². The Morgan fingerprint density at radius 1 is 1.14 bits per heavy atom. The highest BCUT2D eigenvalue weighted by molar-refractivity contribution is 6.32. The molecule has 3 aliphatic rings. The maximum absolute atomic E-state index is 13.5. The van der Waals surface area contributed by atoms with Crippen molar-refractivity contribution in [3.05, 3.63) is 64.9 Å². The maximum atomic E-state index is 13.5. The minimum Gasteiger partial charge on any atom is -0.444 e. The highest BCUT2D eigenvalue weighted by atomic mass is 35.5. The smallest absolute Gasteiger partial charge is 0.411 e. The molecule has 6 rings (SSSR count). The standard InChI is InChI=1S/C28H35ClN4O2/c1-26(2,3)35-25(34)33(18-19-7-5-4-6-8-19)28-13-10-27(11-14-28,12-15-28)23(30)22-20-9-16-31-24(20)32-17-21(22)29/h4-9,16-17,23H,10-15,18,30H2,1-3H3,(H,31,32). The third-order valence-electron chi connectivity index (χ3n) is 8.19. The topological polar surface area (TPSA) is 84.2 Å². The van der Waals surface area contributed by atoms with Crippen molar-refractivity contribution in [1.29, 1.82) is 0 Å². The molecule has 3 aliphatic carbocycles. The molecule has 3 fully saturated rings. The Morgan fingerprint density at radius 2 is 1.80 bits per heavy atom. The second-order valence-electron chi connectivity index (χ2n) is 11.4. The number of benzene rings is 1. The van der Waals surface area contributed by atoms with Gasteiger partial charge in [-0.05, 0) is 76.3 Å². The fraction of sp³-hybridized carbons (Fsp3) is 0.500. The van der Waals surface area contributed by atoms with E-state index >= 15 is 0 Å². The Balaban J connectivity index is 1.42. The number of carbonyl (C=O) groups is 1. The van der Waals surface area contributed by atoms with Crippen LogP contribution in [0.25, 0.3) is 11.0 Å². The van der Waals surface area contributed by atoms with Gasteiger partial charge in [-0.2, -0.15) is 0 Å². The molecule has 1 amide bonds. The van der Waals surface area contributed by atoms with E-state index in [-0.39, 0.29) is 23.1 Å². The van der Waals surface area contributed by atoms with Crippen LogP contribution in [0.15, 0.2) is 48.8 Å². The van der Waals surface area contributed by atoms with Crippen LogP contribution in [0.2, 0.25) is 5.02 Å². The number of carbonyl (C=O) groups excluding carboxylic acids is 1. The highest BCUT2D eigenvalue weighted by Gasteiger charge is 2.55. The van der Waals surface area contributed by atoms with E-state index < -0.39 is 5.60 Å². The molecule has 0 aliphatic heterocycles. The van der Waals surface area contributed by atoms with Crippen molar-refractivity contribution >= 4 is 28.7 Å². The lowest BCUT2D eigenvalue weighted by molar-refractivity contribution is -0.0746. The number of halogens is 1. The first kappa shape index (κ1) is 24.1. The Bertz CT molecular complexity index is 1190. The fourth-order valence-electron chi connectivity index (χ4n) is 6.20. The lowest BCUT2D eigenvalue weighted by Gasteiger charge is -2.59. The summed E-state index contributed by atoms with van der Waals surface area (Å²) in [5.41, 5.74) is 9.14. The molecule has 1 aromatic carbocycles. The predicted molar refractivity (Wildman–Crippen MR) is 139 cm³/mol. The van der Waals surface area contributed by atoms with Crippen LogP contribution in [0, 0.1) is 5.41 Å². The SMILES string of the molecule is CC(C)(C)OC(=O)N(Cc1ccccc1)C12CCC(C(N)c3c(Cl)cnc4[nH]ccc34)(CC1)CC2. The summed E-state index contributed by atoms with van der Waals surface area (Å²) < 4.78 is 5.90. The number of nitrogens with two attached hydrogens (primary N) is 1. The van der Waals surface area contributed by atoms with E-state index in [1.54, 1.807) is 6.20 Å². The van der Waals surface area contributed by atoms with E-state index in [1.165, 1.54) is 0 Å². The molecule has 2 bridgehead atoms. The number of pyridine rings is 1. The van der Waals surface area contributed by atoms with Gasteiger partial charge in [0.25, 0.3) is 0 Å². The Morgan fingerprint density at radius 3 is 2.43 bits per heavy atom. The van der Waals surface area contributed by atoms with Crippen LogP contribution in [0.1, 0.15) is 76.5 Å². The summed E-state index contributed by atoms with van der Waals surface area (Å²) in [5.74, 6) is 0. The summed E-state index contributed by atoms with van der Waals surface area (Å²) in [5, 5.41) is 1.63. The van der Waals surface area contributed by atoms with Gasteiger partial charge in [0.15, 0.2) is 0 Å². The Hall–Kier alpha value is -2.57. The number of nitrogens with zero attached hydrogens (tertiary/aromatic N) is 2. The van der Waals surface area contributed by atoms with Gasteiger partial charge < -0.3 is 15.5 Å². The van der Waals surface area contributed by atoms with Crippen LogP contribution in [0.5, 0.6) is 0 Å². The summed E-state index contributed by atoms with van der Waals surface area (Å²) in [6.07, 6.45) is 8.94. The van der Waals surface area contributed by atoms with E-state index in [0.29, 0.717) is 11.6 Å². The minimum absolute atomic E-state index is 0.0384. The molecule has 1 unspecified atom stereocenters. The van der Waals surface area contributed by atoms with Crippen molar-refractivity contribution in [3.8, 4) is 0 Å². The van der Waals surface area contributed by atoms with Gasteiger partial charge in [0.2, 0.25) is 0 Å². The van der Waals surface area contributed by atoms with E-state index in [4.69, 9.17) is 22.1 Å². The molecule has 2 aromatic heterocycles. The Labute approximate surface area is 212 Å². The average Bonchev–Trinajstić information content (AvgIpc) is 3.31. The number of hydrogen-bond donors (Lipinski definition) is 2. The molecule has 0 radical (unpaired) electrons. The average molecular weight is 495 g/mol. The van der Waals surface area contributed by atoms with Crippen LogP contribution in [0.4, 0.5) is 4.79 Å². The van der Waals surface area contributed by atoms with E-state index in [1.807, 2.05) is 56.1 Å². The number of ether oxygens (including phenoxy) is 1. The molecular weight excluding hydrogens is 460 g/mol. The van der Waals surface area contributed by atoms with Gasteiger partial charge in [0.1, 0.15) is 11.2 Å². The summed E-state index contributed by atoms with van der Waals surface area (Å²) in [6.45, 7) is 6.33. The monoisotopic (exact) mass is 494 g/mol. The first-order chi connectivity index (χ1) is 16.6. The number of fused-ring (bicyclic) bond motifs is 4. The highest BCUT2D eigenvalue weighted by Crippen LogP contribution is 2.60. The molecule has 6 nitrogen and oxygen atoms in total. The minimum atomic E-state index is -0.544. The molecule has 2 heterocycles. The number of nitrogens with one attached hydrogen (secondary N) is 1. The van der Waals surface area contributed by atoms with Gasteiger partial charge >= 0.3 is 6.09 Å². The van der Waals surface area contributed by atoms with Gasteiger partial charge in [0, 0.05) is 41.5 Å². The van der Waals surface area contributed by atoms with Crippen molar-refractivity contribution in [1.82, 2.24) is 14.9 Å². The predicted octanol–water partition coefficient (Wildman–Crippen LogP) is 6.75. The lowest BCUT2D eigenvalue weighted by Crippen LogP contribution is -2.60. The first-order valence-electron chi connectivity index (χ1n) is 12.5. The van der Waals surface area contributed by atoms with Crippen LogP contribution in [-0.4, -0.2) is 32.1 Å². The number of hydrogen-bond acceptors (Lipinski definition) is 4. The molecule has 0 spiro atoms. The van der Waals surface area contributed by atoms with E-state index in [9.17, 15) is 4.79 Å². The number of aromatic amines is 1. The van der Waals surface area contributed by atoms with Crippen LogP contribution in [0.3, 0.4) is 0 Å².